The van der Waals surface area contributed by atoms with Crippen molar-refractivity contribution >= 4 is 6.08 Å². The Balaban J connectivity index is 2.24. The van der Waals surface area contributed by atoms with Gasteiger partial charge in [0.05, 0.1) is 7.11 Å². The van der Waals surface area contributed by atoms with Crippen molar-refractivity contribution in [2.45, 2.75) is 65.2 Å². The highest BCUT2D eigenvalue weighted by molar-refractivity contribution is 5.76. The van der Waals surface area contributed by atoms with E-state index in [1.165, 1.54) is 36.0 Å². The first kappa shape index (κ1) is 14.7. The number of hydrogen-bond acceptors (Lipinski definition) is 1. The summed E-state index contributed by atoms with van der Waals surface area (Å²) in [5, 5.41) is 0. The van der Waals surface area contributed by atoms with E-state index in [-0.39, 0.29) is 5.41 Å². The molecule has 1 fully saturated rings. The molecule has 0 bridgehead atoms. The maximum Gasteiger partial charge on any atom is 0.129 e. The summed E-state index contributed by atoms with van der Waals surface area (Å²) in [6, 6.07) is 4.64. The first-order chi connectivity index (χ1) is 9.81. The lowest BCUT2D eigenvalue weighted by molar-refractivity contribution is 0.266. The van der Waals surface area contributed by atoms with E-state index in [4.69, 9.17) is 4.74 Å². The molecule has 0 unspecified atom stereocenters. The Bertz CT molecular complexity index is 607. The van der Waals surface area contributed by atoms with Crippen molar-refractivity contribution in [3.05, 3.63) is 34.4 Å². The van der Waals surface area contributed by atoms with E-state index < -0.39 is 0 Å². The molecule has 1 atom stereocenters. The van der Waals surface area contributed by atoms with Gasteiger partial charge in [0.25, 0.3) is 0 Å². The van der Waals surface area contributed by atoms with E-state index >= 15 is 0 Å². The minimum absolute atomic E-state index is 0.208. The molecule has 0 N–H and O–H groups in total. The molecule has 3 rings (SSSR count). The molecule has 1 aromatic carbocycles. The number of methoxy groups -OCH3 is 1. The summed E-state index contributed by atoms with van der Waals surface area (Å²) in [6.07, 6.45) is 6.31. The van der Waals surface area contributed by atoms with Gasteiger partial charge in [0.1, 0.15) is 5.75 Å². The third kappa shape index (κ3) is 1.97. The van der Waals surface area contributed by atoms with Crippen LogP contribution in [0.4, 0.5) is 0 Å². The van der Waals surface area contributed by atoms with E-state index in [1.807, 2.05) is 7.11 Å². The Hall–Kier alpha value is -1.24. The first-order valence-corrected chi connectivity index (χ1v) is 8.25. The second-order valence-electron chi connectivity index (χ2n) is 7.93. The molecule has 1 nitrogen and oxygen atoms in total. The summed E-state index contributed by atoms with van der Waals surface area (Å²) in [5.41, 5.74) is 6.26. The van der Waals surface area contributed by atoms with Gasteiger partial charge >= 0.3 is 0 Å². The summed E-state index contributed by atoms with van der Waals surface area (Å²) in [5.74, 6) is 1.59. The summed E-state index contributed by atoms with van der Waals surface area (Å²) in [6.45, 7) is 11.7. The summed E-state index contributed by atoms with van der Waals surface area (Å²) in [7, 11) is 1.81. The SMILES string of the molecule is COc1c(C(C)C)ccc2c1C=C1C(C)(C)CCC[C@@]12C. The monoisotopic (exact) mass is 284 g/mol. The van der Waals surface area contributed by atoms with Crippen molar-refractivity contribution < 1.29 is 4.74 Å². The zero-order chi connectivity index (χ0) is 15.4. The summed E-state index contributed by atoms with van der Waals surface area (Å²) >= 11 is 0. The summed E-state index contributed by atoms with van der Waals surface area (Å²) in [4.78, 5) is 0. The molecule has 2 aliphatic rings. The minimum Gasteiger partial charge on any atom is -0.496 e. The molecule has 114 valence electrons. The van der Waals surface area contributed by atoms with E-state index in [9.17, 15) is 0 Å². The Morgan fingerprint density at radius 1 is 1.10 bits per heavy atom. The van der Waals surface area contributed by atoms with Crippen LogP contribution in [0.25, 0.3) is 6.08 Å². The summed E-state index contributed by atoms with van der Waals surface area (Å²) < 4.78 is 5.82. The molecule has 21 heavy (non-hydrogen) atoms. The molecule has 2 aliphatic carbocycles. The highest BCUT2D eigenvalue weighted by Crippen LogP contribution is 2.58. The molecule has 0 spiro atoms. The van der Waals surface area contributed by atoms with E-state index in [2.05, 4.69) is 52.8 Å². The fourth-order valence-electron chi connectivity index (χ4n) is 4.60. The normalized spacial score (nSPS) is 26.3. The van der Waals surface area contributed by atoms with Crippen LogP contribution in [0.3, 0.4) is 0 Å². The van der Waals surface area contributed by atoms with Crippen LogP contribution in [-0.4, -0.2) is 7.11 Å². The largest absolute Gasteiger partial charge is 0.496 e. The first-order valence-electron chi connectivity index (χ1n) is 8.25. The van der Waals surface area contributed by atoms with Gasteiger partial charge in [-0.15, -0.1) is 0 Å². The van der Waals surface area contributed by atoms with Gasteiger partial charge in [-0.3, -0.25) is 0 Å². The van der Waals surface area contributed by atoms with Gasteiger partial charge in [0, 0.05) is 11.0 Å². The molecule has 0 radical (unpaired) electrons. The standard InChI is InChI=1S/C20H28O/c1-13(2)14-8-9-16-15(18(14)21-6)12-17-19(3,4)10-7-11-20(16,17)5/h8-9,12-13H,7,10-11H2,1-6H3/t20-/m1/s1. The average Bonchev–Trinajstić information content (AvgIpc) is 2.72. The van der Waals surface area contributed by atoms with Crippen LogP contribution in [0.2, 0.25) is 0 Å². The van der Waals surface area contributed by atoms with Crippen molar-refractivity contribution in [3.8, 4) is 5.75 Å². The molecular formula is C20H28O. The molecule has 1 heteroatoms. The second-order valence-corrected chi connectivity index (χ2v) is 7.93. The number of allylic oxidation sites excluding steroid dienone is 1. The van der Waals surface area contributed by atoms with Gasteiger partial charge in [-0.2, -0.15) is 0 Å². The number of benzene rings is 1. The van der Waals surface area contributed by atoms with E-state index in [0.717, 1.165) is 5.75 Å². The molecule has 1 aromatic rings. The lowest BCUT2D eigenvalue weighted by Crippen LogP contribution is -2.35. The van der Waals surface area contributed by atoms with Crippen LogP contribution < -0.4 is 4.74 Å². The van der Waals surface area contributed by atoms with Gasteiger partial charge in [0.2, 0.25) is 0 Å². The zero-order valence-electron chi connectivity index (χ0n) is 14.3. The molecule has 0 aliphatic heterocycles. The van der Waals surface area contributed by atoms with Gasteiger partial charge in [-0.05, 0) is 35.3 Å². The molecule has 0 amide bonds. The quantitative estimate of drug-likeness (QED) is 0.678. The third-order valence-electron chi connectivity index (χ3n) is 5.74. The Labute approximate surface area is 129 Å². The molecule has 1 saturated carbocycles. The highest BCUT2D eigenvalue weighted by atomic mass is 16.5. The molecule has 0 saturated heterocycles. The van der Waals surface area contributed by atoms with Crippen molar-refractivity contribution in [1.82, 2.24) is 0 Å². The van der Waals surface area contributed by atoms with Crippen LogP contribution in [0.15, 0.2) is 17.7 Å². The third-order valence-corrected chi connectivity index (χ3v) is 5.74. The highest BCUT2D eigenvalue weighted by Gasteiger charge is 2.47. The maximum absolute atomic E-state index is 5.82. The smallest absolute Gasteiger partial charge is 0.129 e. The van der Waals surface area contributed by atoms with Crippen LogP contribution >= 0.6 is 0 Å². The van der Waals surface area contributed by atoms with Gasteiger partial charge in [-0.25, -0.2) is 0 Å². The van der Waals surface area contributed by atoms with Crippen LogP contribution in [0, 0.1) is 5.41 Å². The van der Waals surface area contributed by atoms with Crippen LogP contribution in [-0.2, 0) is 5.41 Å². The second kappa shape index (κ2) is 4.63. The van der Waals surface area contributed by atoms with Gasteiger partial charge < -0.3 is 4.74 Å². The van der Waals surface area contributed by atoms with E-state index in [1.54, 1.807) is 5.57 Å². The maximum atomic E-state index is 5.82. The Kier molecular flexibility index (Phi) is 3.24. The Morgan fingerprint density at radius 2 is 1.81 bits per heavy atom. The zero-order valence-corrected chi connectivity index (χ0v) is 14.3. The number of hydrogen-bond donors (Lipinski definition) is 0. The topological polar surface area (TPSA) is 9.23 Å². The fraction of sp³-hybridized carbons (Fsp3) is 0.600. The lowest BCUT2D eigenvalue weighted by atomic mass is 9.60. The predicted molar refractivity (Wildman–Crippen MR) is 90.0 cm³/mol. The fourth-order valence-corrected chi connectivity index (χ4v) is 4.60. The van der Waals surface area contributed by atoms with Gasteiger partial charge in [0.15, 0.2) is 0 Å². The van der Waals surface area contributed by atoms with Crippen molar-refractivity contribution in [2.75, 3.05) is 7.11 Å². The van der Waals surface area contributed by atoms with Crippen LogP contribution in [0.5, 0.6) is 5.75 Å². The lowest BCUT2D eigenvalue weighted by Gasteiger charge is -2.44. The Morgan fingerprint density at radius 3 is 2.43 bits per heavy atom. The van der Waals surface area contributed by atoms with Crippen molar-refractivity contribution in [3.63, 3.8) is 0 Å². The van der Waals surface area contributed by atoms with Crippen LogP contribution in [0.1, 0.15) is 76.5 Å². The number of rotatable bonds is 2. The van der Waals surface area contributed by atoms with Gasteiger partial charge in [-0.1, -0.05) is 64.8 Å². The van der Waals surface area contributed by atoms with Crippen molar-refractivity contribution in [2.24, 2.45) is 5.41 Å². The molecule has 0 heterocycles. The molecule has 0 aromatic heterocycles. The average molecular weight is 284 g/mol. The number of fused-ring (bicyclic) bond motifs is 3. The van der Waals surface area contributed by atoms with Crippen molar-refractivity contribution in [1.29, 1.82) is 0 Å². The minimum atomic E-state index is 0.208. The number of ether oxygens (including phenoxy) is 1. The predicted octanol–water partition coefficient (Wildman–Crippen LogP) is 5.68. The molecular weight excluding hydrogens is 256 g/mol. The van der Waals surface area contributed by atoms with E-state index in [0.29, 0.717) is 11.3 Å².